The van der Waals surface area contributed by atoms with Crippen LogP contribution in [0.15, 0.2) is 24.3 Å². The summed E-state index contributed by atoms with van der Waals surface area (Å²) in [6.07, 6.45) is 0.0832. The molecule has 1 atom stereocenters. The molecule has 0 aliphatic carbocycles. The molecule has 88 valence electrons. The molecule has 0 aliphatic heterocycles. The van der Waals surface area contributed by atoms with Crippen LogP contribution >= 0.6 is 0 Å². The van der Waals surface area contributed by atoms with Gasteiger partial charge in [0.05, 0.1) is 6.61 Å². The lowest BCUT2D eigenvalue weighted by molar-refractivity contribution is -0.156. The molecule has 0 spiro atoms. The first-order valence-electron chi connectivity index (χ1n) is 4.98. The van der Waals surface area contributed by atoms with Crippen LogP contribution in [0.4, 0.5) is 0 Å². The van der Waals surface area contributed by atoms with Crippen molar-refractivity contribution in [1.82, 2.24) is 0 Å². The van der Waals surface area contributed by atoms with Crippen LogP contribution in [-0.4, -0.2) is 28.9 Å². The highest BCUT2D eigenvalue weighted by Gasteiger charge is 2.29. The summed E-state index contributed by atoms with van der Waals surface area (Å²) in [5, 5.41) is 18.4. The Morgan fingerprint density at radius 2 is 2.06 bits per heavy atom. The SMILES string of the molecule is COCc1cccc(CC(C)(O)C(=O)O)c1. The van der Waals surface area contributed by atoms with Crippen molar-refractivity contribution >= 4 is 5.97 Å². The largest absolute Gasteiger partial charge is 0.479 e. The van der Waals surface area contributed by atoms with E-state index in [1.165, 1.54) is 6.92 Å². The van der Waals surface area contributed by atoms with Crippen LogP contribution in [0, 0.1) is 0 Å². The molecule has 0 bridgehead atoms. The van der Waals surface area contributed by atoms with Gasteiger partial charge >= 0.3 is 5.97 Å². The second-order valence-corrected chi connectivity index (χ2v) is 4.01. The molecule has 0 saturated carbocycles. The van der Waals surface area contributed by atoms with E-state index in [9.17, 15) is 9.90 Å². The van der Waals surface area contributed by atoms with Crippen molar-refractivity contribution in [1.29, 1.82) is 0 Å². The zero-order valence-corrected chi connectivity index (χ0v) is 9.43. The summed E-state index contributed by atoms with van der Waals surface area (Å²) in [5.74, 6) is -1.22. The molecule has 1 unspecified atom stereocenters. The maximum atomic E-state index is 10.8. The Hall–Kier alpha value is -1.39. The minimum Gasteiger partial charge on any atom is -0.479 e. The van der Waals surface area contributed by atoms with Gasteiger partial charge in [-0.1, -0.05) is 24.3 Å². The van der Waals surface area contributed by atoms with Crippen molar-refractivity contribution in [2.45, 2.75) is 25.6 Å². The van der Waals surface area contributed by atoms with Crippen molar-refractivity contribution in [2.24, 2.45) is 0 Å². The number of aliphatic carboxylic acids is 1. The van der Waals surface area contributed by atoms with Gasteiger partial charge in [0.25, 0.3) is 0 Å². The van der Waals surface area contributed by atoms with Gasteiger partial charge < -0.3 is 14.9 Å². The molecule has 0 fully saturated rings. The highest BCUT2D eigenvalue weighted by atomic mass is 16.5. The maximum Gasteiger partial charge on any atom is 0.335 e. The quantitative estimate of drug-likeness (QED) is 0.789. The fourth-order valence-electron chi connectivity index (χ4n) is 1.47. The van der Waals surface area contributed by atoms with E-state index in [4.69, 9.17) is 9.84 Å². The number of carboxylic acid groups (broad SMARTS) is 1. The number of rotatable bonds is 5. The van der Waals surface area contributed by atoms with Crippen molar-refractivity contribution in [3.8, 4) is 0 Å². The summed E-state index contributed by atoms with van der Waals surface area (Å²) in [6, 6.07) is 7.33. The number of methoxy groups -OCH3 is 1. The van der Waals surface area contributed by atoms with Gasteiger partial charge in [-0.15, -0.1) is 0 Å². The number of hydrogen-bond donors (Lipinski definition) is 2. The highest BCUT2D eigenvalue weighted by Crippen LogP contribution is 2.15. The molecule has 0 saturated heterocycles. The van der Waals surface area contributed by atoms with Crippen LogP contribution in [0.2, 0.25) is 0 Å². The number of aliphatic hydroxyl groups is 1. The van der Waals surface area contributed by atoms with E-state index in [-0.39, 0.29) is 6.42 Å². The fraction of sp³-hybridized carbons (Fsp3) is 0.417. The monoisotopic (exact) mass is 224 g/mol. The number of carboxylic acids is 1. The molecular formula is C12H16O4. The van der Waals surface area contributed by atoms with Crippen molar-refractivity contribution in [2.75, 3.05) is 7.11 Å². The van der Waals surface area contributed by atoms with Crippen LogP contribution < -0.4 is 0 Å². The topological polar surface area (TPSA) is 66.8 Å². The van der Waals surface area contributed by atoms with Gasteiger partial charge in [-0.3, -0.25) is 0 Å². The van der Waals surface area contributed by atoms with Crippen LogP contribution in [0.5, 0.6) is 0 Å². The number of benzene rings is 1. The summed E-state index contributed by atoms with van der Waals surface area (Å²) in [7, 11) is 1.60. The number of hydrogen-bond acceptors (Lipinski definition) is 3. The van der Waals surface area contributed by atoms with Gasteiger partial charge in [-0.05, 0) is 18.1 Å². The van der Waals surface area contributed by atoms with Crippen LogP contribution in [0.3, 0.4) is 0 Å². The van der Waals surface area contributed by atoms with Crippen molar-refractivity contribution < 1.29 is 19.7 Å². The van der Waals surface area contributed by atoms with Gasteiger partial charge in [0, 0.05) is 13.5 Å². The van der Waals surface area contributed by atoms with Gasteiger partial charge in [0.1, 0.15) is 0 Å². The summed E-state index contributed by atoms with van der Waals surface area (Å²) in [6.45, 7) is 1.77. The molecule has 0 aliphatic rings. The zero-order valence-electron chi connectivity index (χ0n) is 9.43. The second-order valence-electron chi connectivity index (χ2n) is 4.01. The van der Waals surface area contributed by atoms with Crippen LogP contribution in [0.1, 0.15) is 18.1 Å². The van der Waals surface area contributed by atoms with E-state index in [1.54, 1.807) is 13.2 Å². The van der Waals surface area contributed by atoms with E-state index in [0.29, 0.717) is 6.61 Å². The van der Waals surface area contributed by atoms with Crippen LogP contribution in [-0.2, 0) is 22.6 Å². The number of ether oxygens (including phenoxy) is 1. The third-order valence-electron chi connectivity index (χ3n) is 2.31. The molecule has 0 radical (unpaired) electrons. The first kappa shape index (κ1) is 12.7. The number of carbonyl (C=O) groups is 1. The summed E-state index contributed by atoms with van der Waals surface area (Å²) >= 11 is 0. The predicted molar refractivity (Wildman–Crippen MR) is 59.1 cm³/mol. The van der Waals surface area contributed by atoms with Gasteiger partial charge in [-0.2, -0.15) is 0 Å². The Morgan fingerprint density at radius 1 is 1.44 bits per heavy atom. The minimum absolute atomic E-state index is 0.0832. The van der Waals surface area contributed by atoms with E-state index in [2.05, 4.69) is 0 Å². The standard InChI is InChI=1S/C12H16O4/c1-12(15,11(13)14)7-9-4-3-5-10(6-9)8-16-2/h3-6,15H,7-8H2,1-2H3,(H,13,14). The molecule has 1 rings (SSSR count). The third kappa shape index (κ3) is 3.32. The summed E-state index contributed by atoms with van der Waals surface area (Å²) < 4.78 is 4.98. The molecule has 16 heavy (non-hydrogen) atoms. The highest BCUT2D eigenvalue weighted by molar-refractivity contribution is 5.76. The molecule has 1 aromatic carbocycles. The Morgan fingerprint density at radius 3 is 2.62 bits per heavy atom. The maximum absolute atomic E-state index is 10.8. The molecule has 4 heteroatoms. The summed E-state index contributed by atoms with van der Waals surface area (Å²) in [5.41, 5.74) is 0.00856. The van der Waals surface area contributed by atoms with Gasteiger partial charge in [0.2, 0.25) is 0 Å². The molecule has 0 amide bonds. The van der Waals surface area contributed by atoms with E-state index in [1.807, 2.05) is 18.2 Å². The molecular weight excluding hydrogens is 208 g/mol. The van der Waals surface area contributed by atoms with E-state index >= 15 is 0 Å². The Balaban J connectivity index is 2.81. The molecule has 4 nitrogen and oxygen atoms in total. The Bertz CT molecular complexity index is 371. The normalized spacial score (nSPS) is 14.4. The lowest BCUT2D eigenvalue weighted by atomic mass is 9.96. The van der Waals surface area contributed by atoms with Crippen molar-refractivity contribution in [3.05, 3.63) is 35.4 Å². The second kappa shape index (κ2) is 5.09. The van der Waals surface area contributed by atoms with Crippen molar-refractivity contribution in [3.63, 3.8) is 0 Å². The van der Waals surface area contributed by atoms with E-state index in [0.717, 1.165) is 11.1 Å². The molecule has 0 aromatic heterocycles. The Labute approximate surface area is 94.5 Å². The van der Waals surface area contributed by atoms with Gasteiger partial charge in [0.15, 0.2) is 5.60 Å². The average Bonchev–Trinajstić information content (AvgIpc) is 2.17. The third-order valence-corrected chi connectivity index (χ3v) is 2.31. The first-order valence-corrected chi connectivity index (χ1v) is 4.98. The Kier molecular flexibility index (Phi) is 4.04. The fourth-order valence-corrected chi connectivity index (χ4v) is 1.47. The summed E-state index contributed by atoms with van der Waals surface area (Å²) in [4.78, 5) is 10.8. The zero-order chi connectivity index (χ0) is 12.2. The average molecular weight is 224 g/mol. The van der Waals surface area contributed by atoms with E-state index < -0.39 is 11.6 Å². The van der Waals surface area contributed by atoms with Crippen LogP contribution in [0.25, 0.3) is 0 Å². The molecule has 0 heterocycles. The molecule has 1 aromatic rings. The van der Waals surface area contributed by atoms with Gasteiger partial charge in [-0.25, -0.2) is 4.79 Å². The first-order chi connectivity index (χ1) is 7.45. The smallest absolute Gasteiger partial charge is 0.335 e. The predicted octanol–water partition coefficient (Wildman–Crippen LogP) is 1.21. The minimum atomic E-state index is -1.73. The molecule has 2 N–H and O–H groups in total. The lowest BCUT2D eigenvalue weighted by Gasteiger charge is -2.18. The lowest BCUT2D eigenvalue weighted by Crippen LogP contribution is -2.37.